The Morgan fingerprint density at radius 1 is 0.810 bits per heavy atom. The van der Waals surface area contributed by atoms with Gasteiger partial charge in [-0.25, -0.2) is 0 Å². The van der Waals surface area contributed by atoms with Gasteiger partial charge < -0.3 is 0 Å². The number of para-hydroxylation sites is 1. The summed E-state index contributed by atoms with van der Waals surface area (Å²) in [5.74, 6) is 0.528. The topological polar surface area (TPSA) is 64.4 Å². The Bertz CT molecular complexity index is 1630. The number of fused-ring (bicyclic) bond motifs is 1. The molecule has 2 fully saturated rings. The van der Waals surface area contributed by atoms with Crippen molar-refractivity contribution in [1.29, 1.82) is 0 Å². The van der Waals surface area contributed by atoms with Crippen LogP contribution >= 0.6 is 19.8 Å². The molecule has 3 heterocycles. The minimum absolute atomic E-state index is 0.0455. The number of aromatic nitrogens is 2. The van der Waals surface area contributed by atoms with Crippen molar-refractivity contribution >= 4 is 31.4 Å². The average molecular weight is 674 g/mol. The molecular weight excluding hydrogens is 637 g/mol. The first kappa shape index (κ1) is 27.4. The third kappa shape index (κ3) is 5.16. The Hall–Kier alpha value is -3.46. The first-order chi connectivity index (χ1) is 20.6. The maximum atomic E-state index is 14.1. The third-order valence-electron chi connectivity index (χ3n) is 9.06. The number of anilines is 1. The van der Waals surface area contributed by atoms with E-state index in [0.717, 1.165) is 36.9 Å². The van der Waals surface area contributed by atoms with Gasteiger partial charge in [-0.15, -0.1) is 0 Å². The monoisotopic (exact) mass is 673 g/mol. The molecule has 216 valence electrons. The number of carbonyl (C=O) groups is 1. The van der Waals surface area contributed by atoms with E-state index in [1.807, 2.05) is 65.2 Å². The van der Waals surface area contributed by atoms with Gasteiger partial charge in [0.1, 0.15) is 0 Å². The van der Waals surface area contributed by atoms with Gasteiger partial charge >= 0.3 is 189 Å². The van der Waals surface area contributed by atoms with E-state index in [2.05, 4.69) is 29.2 Å². The standard InChI is InChI=1S/C35H36IN3O3/c40-33-32(42-25-26-10-3-1-4-11-26)31-34(41)38(29-12-5-2-6-13-29)22-23-39(31)30(37-33)24-35(18-7-8-19-35)27-14-16-28(17-15-27)36-20-9-21-36/h1-6,10-17H,7-9,18-25H2. The number of benzene rings is 3. The van der Waals surface area contributed by atoms with Crippen molar-refractivity contribution in [3.05, 3.63) is 121 Å². The molecular formula is C35H36IN3O3. The van der Waals surface area contributed by atoms with Gasteiger partial charge in [0.05, 0.1) is 0 Å². The van der Waals surface area contributed by atoms with Crippen molar-refractivity contribution in [2.24, 2.45) is 0 Å². The van der Waals surface area contributed by atoms with Gasteiger partial charge in [0, 0.05) is 0 Å². The summed E-state index contributed by atoms with van der Waals surface area (Å²) in [6.45, 7) is 1.27. The SMILES string of the molecule is O=C1c2c(OCc3ccccc3)c(=O)nc(CC3(c4ccc(I5CCC5)cc4)CCCC3)n2CCN1c1ccccc1. The average Bonchev–Trinajstić information content (AvgIpc) is 3.47. The van der Waals surface area contributed by atoms with Gasteiger partial charge in [-0.1, -0.05) is 48.5 Å². The van der Waals surface area contributed by atoms with Crippen LogP contribution in [0.4, 0.5) is 5.69 Å². The summed E-state index contributed by atoms with van der Waals surface area (Å²) < 4.78 is 12.6. The van der Waals surface area contributed by atoms with Gasteiger partial charge in [-0.05, 0) is 17.7 Å². The third-order valence-corrected chi connectivity index (χ3v) is 15.7. The smallest absolute Gasteiger partial charge is 0.0621 e. The number of hydrogen-bond donors (Lipinski definition) is 0. The second kappa shape index (κ2) is 11.7. The summed E-state index contributed by atoms with van der Waals surface area (Å²) >= 11 is -0.898. The minimum Gasteiger partial charge on any atom is -0.0621 e. The first-order valence-electron chi connectivity index (χ1n) is 15.0. The zero-order valence-corrected chi connectivity index (χ0v) is 26.0. The van der Waals surface area contributed by atoms with E-state index in [4.69, 9.17) is 4.74 Å². The molecule has 0 N–H and O–H groups in total. The molecule has 1 aromatic heterocycles. The molecule has 0 spiro atoms. The van der Waals surface area contributed by atoms with Crippen molar-refractivity contribution in [2.75, 3.05) is 20.3 Å². The predicted octanol–water partition coefficient (Wildman–Crippen LogP) is 6.62. The van der Waals surface area contributed by atoms with Crippen molar-refractivity contribution in [3.63, 3.8) is 0 Å². The normalized spacial score (nSPS) is 18.4. The van der Waals surface area contributed by atoms with E-state index < -0.39 is 25.4 Å². The van der Waals surface area contributed by atoms with Crippen LogP contribution in [0.25, 0.3) is 0 Å². The molecule has 6 nitrogen and oxygen atoms in total. The molecule has 3 aliphatic rings. The number of nitrogens with zero attached hydrogens (tertiary/aromatic N) is 3. The number of alkyl halides is 2. The molecule has 4 aromatic rings. The molecule has 1 saturated carbocycles. The van der Waals surface area contributed by atoms with E-state index in [-0.39, 0.29) is 23.7 Å². The van der Waals surface area contributed by atoms with Crippen molar-refractivity contribution in [3.8, 4) is 5.75 Å². The van der Waals surface area contributed by atoms with Crippen LogP contribution in [0.3, 0.4) is 0 Å². The number of ether oxygens (including phenoxy) is 1. The van der Waals surface area contributed by atoms with Crippen LogP contribution in [-0.2, 0) is 25.0 Å². The van der Waals surface area contributed by atoms with Crippen molar-refractivity contribution in [1.82, 2.24) is 9.55 Å². The van der Waals surface area contributed by atoms with E-state index >= 15 is 0 Å². The van der Waals surface area contributed by atoms with Crippen LogP contribution in [0, 0.1) is 3.57 Å². The molecule has 1 aliphatic carbocycles. The van der Waals surface area contributed by atoms with Gasteiger partial charge in [0.25, 0.3) is 0 Å². The van der Waals surface area contributed by atoms with Crippen molar-refractivity contribution < 1.29 is 9.53 Å². The Balaban J connectivity index is 1.27. The molecule has 42 heavy (non-hydrogen) atoms. The minimum atomic E-state index is -0.898. The first-order valence-corrected chi connectivity index (χ1v) is 19.1. The van der Waals surface area contributed by atoms with Crippen LogP contribution in [0.5, 0.6) is 5.75 Å². The fraction of sp³-hybridized carbons (Fsp3) is 0.343. The number of hydrogen-bond acceptors (Lipinski definition) is 4. The van der Waals surface area contributed by atoms with E-state index in [1.165, 1.54) is 20.8 Å². The molecule has 7 rings (SSSR count). The zero-order chi connectivity index (χ0) is 28.5. The Morgan fingerprint density at radius 2 is 1.50 bits per heavy atom. The Morgan fingerprint density at radius 3 is 2.17 bits per heavy atom. The van der Waals surface area contributed by atoms with Crippen LogP contribution < -0.4 is 15.2 Å². The molecule has 0 bridgehead atoms. The fourth-order valence-corrected chi connectivity index (χ4v) is 10.9. The quantitative estimate of drug-likeness (QED) is 0.156. The summed E-state index contributed by atoms with van der Waals surface area (Å²) in [5, 5.41) is 0. The Kier molecular flexibility index (Phi) is 7.61. The van der Waals surface area contributed by atoms with Gasteiger partial charge in [-0.2, -0.15) is 0 Å². The molecule has 1 amide bonds. The zero-order valence-electron chi connectivity index (χ0n) is 23.8. The number of halogens is 1. The number of carbonyl (C=O) groups excluding carboxylic acids is 1. The summed E-state index contributed by atoms with van der Waals surface area (Å²) in [6.07, 6.45) is 6.50. The summed E-state index contributed by atoms with van der Waals surface area (Å²) in [7, 11) is 0. The maximum absolute atomic E-state index is 14.1. The number of rotatable bonds is 8. The summed E-state index contributed by atoms with van der Waals surface area (Å²) in [6, 6.07) is 28.9. The molecule has 0 unspecified atom stereocenters. The Labute approximate surface area is 254 Å². The second-order valence-corrected chi connectivity index (χ2v) is 17.6. The van der Waals surface area contributed by atoms with E-state index in [9.17, 15) is 9.59 Å². The van der Waals surface area contributed by atoms with Gasteiger partial charge in [0.15, 0.2) is 0 Å². The van der Waals surface area contributed by atoms with Crippen LogP contribution in [0.2, 0.25) is 0 Å². The predicted molar refractivity (Wildman–Crippen MR) is 175 cm³/mol. The molecule has 7 heteroatoms. The second-order valence-electron chi connectivity index (χ2n) is 11.6. The van der Waals surface area contributed by atoms with Crippen molar-refractivity contribution in [2.45, 2.75) is 57.1 Å². The molecule has 0 atom stereocenters. The van der Waals surface area contributed by atoms with E-state index in [1.54, 1.807) is 8.47 Å². The molecule has 1 saturated heterocycles. The van der Waals surface area contributed by atoms with Gasteiger partial charge in [-0.3, -0.25) is 0 Å². The fourth-order valence-electron chi connectivity index (χ4n) is 6.70. The van der Waals surface area contributed by atoms with Crippen LogP contribution in [-0.4, -0.2) is 30.9 Å². The van der Waals surface area contributed by atoms with Crippen LogP contribution in [0.15, 0.2) is 89.7 Å². The van der Waals surface area contributed by atoms with E-state index in [0.29, 0.717) is 31.0 Å². The van der Waals surface area contributed by atoms with Gasteiger partial charge in [0.2, 0.25) is 0 Å². The molecule has 0 radical (unpaired) electrons. The molecule has 2 aliphatic heterocycles. The van der Waals surface area contributed by atoms with Crippen LogP contribution in [0.1, 0.15) is 59.5 Å². The summed E-state index contributed by atoms with van der Waals surface area (Å²) in [5.41, 5.74) is 2.87. The number of amides is 1. The molecule has 3 aromatic carbocycles. The summed E-state index contributed by atoms with van der Waals surface area (Å²) in [4.78, 5) is 34.2.